The second-order valence-electron chi connectivity index (χ2n) is 2.17. The van der Waals surface area contributed by atoms with Crippen molar-refractivity contribution in [3.8, 4) is 0 Å². The van der Waals surface area contributed by atoms with Gasteiger partial charge in [-0.15, -0.1) is 0 Å². The number of rotatable bonds is 0. The SMILES string of the molecule is CC(=O)OC(C)=O.CC(=O)OC(C)=O.[Ar].[Ar]. The van der Waals surface area contributed by atoms with Gasteiger partial charge in [-0.3, -0.25) is 19.2 Å². The Morgan fingerprint density at radius 2 is 0.688 bits per heavy atom. The number of ether oxygens (including phenoxy) is 2. The van der Waals surface area contributed by atoms with Crippen LogP contribution in [-0.4, -0.2) is 23.9 Å². The fourth-order valence-electron chi connectivity index (χ4n) is 0.405. The molecule has 0 aliphatic carbocycles. The van der Waals surface area contributed by atoms with Crippen molar-refractivity contribution in [2.24, 2.45) is 0 Å². The molecular formula is C8H12Ar2O6. The molecule has 0 amide bonds. The van der Waals surface area contributed by atoms with Gasteiger partial charge in [-0.2, -0.15) is 0 Å². The van der Waals surface area contributed by atoms with Gasteiger partial charge in [-0.25, -0.2) is 0 Å². The molecule has 0 saturated carbocycles. The van der Waals surface area contributed by atoms with Gasteiger partial charge in [0.15, 0.2) is 0 Å². The van der Waals surface area contributed by atoms with Crippen LogP contribution in [-0.2, 0) is 28.7 Å². The molecule has 0 rings (SSSR count). The topological polar surface area (TPSA) is 86.7 Å². The Morgan fingerprint density at radius 1 is 0.562 bits per heavy atom. The molecule has 0 aromatic heterocycles. The molecule has 0 fully saturated rings. The molecule has 0 heterocycles. The van der Waals surface area contributed by atoms with E-state index in [4.69, 9.17) is 0 Å². The maximum Gasteiger partial charge on any atom is 0.310 e. The Balaban J connectivity index is -0.0000000800. The minimum absolute atomic E-state index is 0. The Hall–Kier alpha value is 0.799. The maximum atomic E-state index is 9.81. The molecule has 8 heteroatoms. The molecule has 96 valence electrons. The van der Waals surface area contributed by atoms with Crippen molar-refractivity contribution in [1.29, 1.82) is 0 Å². The molecule has 0 atom stereocenters. The average Bonchev–Trinajstić information content (AvgIpc) is 1.79. The number of carbonyl (C=O) groups is 4. The molecule has 0 aromatic rings. The van der Waals surface area contributed by atoms with Crippen LogP contribution < -0.4 is 0 Å². The summed E-state index contributed by atoms with van der Waals surface area (Å²) in [6.07, 6.45) is 0. The molecule has 0 bridgehead atoms. The fraction of sp³-hybridized carbons (Fsp3) is 0.500. The number of hydrogen-bond acceptors (Lipinski definition) is 6. The zero-order valence-corrected chi connectivity index (χ0v) is 10.6. The predicted molar refractivity (Wildman–Crippen MR) is 44.9 cm³/mol. The maximum absolute atomic E-state index is 9.81. The van der Waals surface area contributed by atoms with Crippen LogP contribution in [0.3, 0.4) is 0 Å². The summed E-state index contributed by atoms with van der Waals surface area (Å²) in [5.41, 5.74) is 0. The quantitative estimate of drug-likeness (QED) is 0.466. The molecule has 0 N–H and O–H groups in total. The first kappa shape index (κ1) is 25.6. The van der Waals surface area contributed by atoms with E-state index in [1.165, 1.54) is 27.7 Å². The summed E-state index contributed by atoms with van der Waals surface area (Å²) in [5, 5.41) is 0. The molecule has 16 heavy (non-hydrogen) atoms. The van der Waals surface area contributed by atoms with Crippen LogP contribution in [0.15, 0.2) is 0 Å². The van der Waals surface area contributed by atoms with Gasteiger partial charge in [0.1, 0.15) is 0 Å². The predicted octanol–water partition coefficient (Wildman–Crippen LogP) is 0.192. The van der Waals surface area contributed by atoms with E-state index in [0.717, 1.165) is 0 Å². The standard InChI is InChI=1S/2C4H6O3.2Ar/c2*1-3(5)7-4(2)6;;/h2*1-2H3;;. The molecule has 6 nitrogen and oxygen atoms in total. The van der Waals surface area contributed by atoms with Crippen LogP contribution >= 0.6 is 0 Å². The van der Waals surface area contributed by atoms with E-state index in [9.17, 15) is 19.2 Å². The van der Waals surface area contributed by atoms with Crippen molar-refractivity contribution in [2.75, 3.05) is 0 Å². The van der Waals surface area contributed by atoms with Crippen molar-refractivity contribution in [3.63, 3.8) is 0 Å². The van der Waals surface area contributed by atoms with Gasteiger partial charge in [0.2, 0.25) is 0 Å². The second-order valence-corrected chi connectivity index (χ2v) is 2.17. The Kier molecular flexibility index (Phi) is 25.3. The van der Waals surface area contributed by atoms with Gasteiger partial charge in [-0.1, -0.05) is 0 Å². The summed E-state index contributed by atoms with van der Waals surface area (Å²) in [7, 11) is 0. The smallest absolute Gasteiger partial charge is 0.310 e. The summed E-state index contributed by atoms with van der Waals surface area (Å²) < 4.78 is 7.94. The zero-order chi connectivity index (χ0) is 11.7. The van der Waals surface area contributed by atoms with Gasteiger partial charge in [0.05, 0.1) is 0 Å². The minimum Gasteiger partial charge on any atom is -0.394 e. The molecule has 0 saturated heterocycles. The van der Waals surface area contributed by atoms with Gasteiger partial charge in [0, 0.05) is 103 Å². The van der Waals surface area contributed by atoms with Gasteiger partial charge < -0.3 is 9.47 Å². The first-order valence-corrected chi connectivity index (χ1v) is 3.63. The molecule has 0 unspecified atom stereocenters. The molecule has 0 aliphatic rings. The van der Waals surface area contributed by atoms with Crippen molar-refractivity contribution < 1.29 is 104 Å². The van der Waals surface area contributed by atoms with Crippen LogP contribution in [0, 0.1) is 75.5 Å². The van der Waals surface area contributed by atoms with Crippen LogP contribution in [0.4, 0.5) is 0 Å². The zero-order valence-electron chi connectivity index (χ0n) is 9.16. The fourth-order valence-corrected chi connectivity index (χ4v) is 0.405. The van der Waals surface area contributed by atoms with Crippen LogP contribution in [0.1, 0.15) is 27.7 Å². The molecular weight excluding hydrogens is 272 g/mol. The van der Waals surface area contributed by atoms with Gasteiger partial charge in [-0.05, 0) is 0 Å². The number of hydrogen-bond donors (Lipinski definition) is 0. The van der Waals surface area contributed by atoms with E-state index in [-0.39, 0.29) is 75.5 Å². The van der Waals surface area contributed by atoms with Gasteiger partial charge >= 0.3 is 23.9 Å². The van der Waals surface area contributed by atoms with E-state index in [1.54, 1.807) is 0 Å². The summed E-state index contributed by atoms with van der Waals surface area (Å²) >= 11 is 0. The van der Waals surface area contributed by atoms with Gasteiger partial charge in [0.25, 0.3) is 0 Å². The number of carbonyl (C=O) groups excluding carboxylic acids is 4. The molecule has 0 aliphatic heterocycles. The van der Waals surface area contributed by atoms with Crippen LogP contribution in [0.5, 0.6) is 0 Å². The average molecular weight is 284 g/mol. The summed E-state index contributed by atoms with van der Waals surface area (Å²) in [5.74, 6) is -2.25. The molecule has 0 spiro atoms. The largest absolute Gasteiger partial charge is 0.394 e. The third-order valence-corrected chi connectivity index (χ3v) is 0.575. The second kappa shape index (κ2) is 15.8. The third-order valence-electron chi connectivity index (χ3n) is 0.575. The van der Waals surface area contributed by atoms with Crippen LogP contribution in [0.2, 0.25) is 0 Å². The van der Waals surface area contributed by atoms with E-state index in [2.05, 4.69) is 9.47 Å². The molecule has 0 radical (unpaired) electrons. The van der Waals surface area contributed by atoms with Crippen molar-refractivity contribution >= 4 is 23.9 Å². The van der Waals surface area contributed by atoms with E-state index < -0.39 is 23.9 Å². The summed E-state index contributed by atoms with van der Waals surface area (Å²) in [6.45, 7) is 4.73. The van der Waals surface area contributed by atoms with Crippen LogP contribution in [0.25, 0.3) is 0 Å². The number of esters is 4. The summed E-state index contributed by atoms with van der Waals surface area (Å²) in [4.78, 5) is 39.2. The monoisotopic (exact) mass is 284 g/mol. The Morgan fingerprint density at radius 3 is 0.688 bits per heavy atom. The first-order chi connectivity index (χ1) is 6.25. The Labute approximate surface area is 153 Å². The van der Waals surface area contributed by atoms with E-state index >= 15 is 0 Å². The third kappa shape index (κ3) is 36.4. The van der Waals surface area contributed by atoms with E-state index in [1.807, 2.05) is 0 Å². The van der Waals surface area contributed by atoms with Crippen molar-refractivity contribution in [1.82, 2.24) is 0 Å². The summed E-state index contributed by atoms with van der Waals surface area (Å²) in [6, 6.07) is 0. The normalized spacial score (nSPS) is 6.75. The van der Waals surface area contributed by atoms with E-state index in [0.29, 0.717) is 0 Å². The van der Waals surface area contributed by atoms with Crippen molar-refractivity contribution in [3.05, 3.63) is 0 Å². The molecule has 0 aromatic carbocycles. The minimum atomic E-state index is -0.562. The first-order valence-electron chi connectivity index (χ1n) is 3.63. The van der Waals surface area contributed by atoms with Crippen molar-refractivity contribution in [2.45, 2.75) is 27.7 Å². The Bertz CT molecular complexity index is 201.